The number of halogens is 12. The summed E-state index contributed by atoms with van der Waals surface area (Å²) in [5.41, 5.74) is 5.92. The summed E-state index contributed by atoms with van der Waals surface area (Å²) in [7, 11) is -21.3. The minimum atomic E-state index is -10.7. The summed E-state index contributed by atoms with van der Waals surface area (Å²) >= 11 is 0. The van der Waals surface area contributed by atoms with E-state index < -0.39 is 15.6 Å². The maximum atomic E-state index is 9.87. The van der Waals surface area contributed by atoms with Crippen LogP contribution in [0.1, 0.15) is 50.4 Å². The molecule has 2 aromatic carbocycles. The largest absolute Gasteiger partial charge is 2.00 e. The van der Waals surface area contributed by atoms with E-state index in [0.717, 1.165) is 74.3 Å². The first kappa shape index (κ1) is 43.3. The second kappa shape index (κ2) is 14.3. The van der Waals surface area contributed by atoms with Gasteiger partial charge in [0, 0.05) is 46.8 Å². The van der Waals surface area contributed by atoms with E-state index >= 15 is 0 Å². The predicted octanol–water partition coefficient (Wildman–Crippen LogP) is 14.5. The van der Waals surface area contributed by atoms with Gasteiger partial charge in [-0.15, -0.1) is 0 Å². The fourth-order valence-corrected chi connectivity index (χ4v) is 4.72. The van der Waals surface area contributed by atoms with Crippen molar-refractivity contribution < 1.29 is 67.4 Å². The van der Waals surface area contributed by atoms with Crippen LogP contribution in [0.4, 0.5) is 50.4 Å². The van der Waals surface area contributed by atoms with Gasteiger partial charge >= 0.3 is 83.0 Å². The van der Waals surface area contributed by atoms with Gasteiger partial charge in [0.1, 0.15) is 0 Å². The van der Waals surface area contributed by atoms with Crippen molar-refractivity contribution in [1.82, 2.24) is 19.9 Å². The van der Waals surface area contributed by atoms with Crippen molar-refractivity contribution in [2.45, 2.75) is 39.0 Å². The molecule has 20 heteroatoms. The second-order valence-corrected chi connectivity index (χ2v) is 14.6. The molecular weight excluding hydrogens is 796 g/mol. The molecule has 0 saturated carbocycles. The van der Waals surface area contributed by atoms with Crippen LogP contribution in [0.25, 0.3) is 43.6 Å². The molecule has 0 unspecified atom stereocenters. The van der Waals surface area contributed by atoms with E-state index in [-0.39, 0.29) is 23.0 Å². The van der Waals surface area contributed by atoms with Crippen molar-refractivity contribution in [3.05, 3.63) is 96.6 Å². The Morgan fingerprint density at radius 1 is 0.569 bits per heavy atom. The Bertz CT molecular complexity index is 2030. The number of hydrogen-bond acceptors (Lipinski definition) is 5. The monoisotopic (exact) mass is 822 g/mol. The normalized spacial score (nSPS) is 14.2. The van der Waals surface area contributed by atoms with E-state index in [1.807, 2.05) is 24.5 Å². The van der Waals surface area contributed by atoms with Gasteiger partial charge in [-0.1, -0.05) is 68.3 Å². The number of nitriles is 1. The van der Waals surface area contributed by atoms with Gasteiger partial charge in [0.2, 0.25) is 0 Å². The van der Waals surface area contributed by atoms with E-state index in [1.54, 1.807) is 6.07 Å². The number of fused-ring (bicyclic) bond motifs is 6. The molecule has 281 valence electrons. The fraction of sp³-hybridized carbons (Fsp3) is 0.194. The Balaban J connectivity index is 0.000000420. The fourth-order valence-electron chi connectivity index (χ4n) is 4.72. The van der Waals surface area contributed by atoms with Crippen LogP contribution in [0, 0.1) is 11.3 Å². The first-order valence-corrected chi connectivity index (χ1v) is 18.4. The molecule has 0 aliphatic heterocycles. The summed E-state index contributed by atoms with van der Waals surface area (Å²) in [6.07, 6.45) is 6.93. The van der Waals surface area contributed by atoms with Gasteiger partial charge < -0.3 is 0 Å². The van der Waals surface area contributed by atoms with Crippen LogP contribution in [0.2, 0.25) is 0 Å². The maximum absolute atomic E-state index is 10.7. The van der Waals surface area contributed by atoms with E-state index in [0.29, 0.717) is 0 Å². The molecule has 5 nitrogen and oxygen atoms in total. The van der Waals surface area contributed by atoms with E-state index in [1.165, 1.54) is 6.92 Å². The molecule has 0 spiro atoms. The van der Waals surface area contributed by atoms with Gasteiger partial charge in [0.25, 0.3) is 0 Å². The minimum Gasteiger partial charge on any atom is 2.00 e. The molecule has 0 aliphatic rings. The number of unbranched alkanes of at least 4 members (excludes halogenated alkanes) is 1. The van der Waals surface area contributed by atoms with Gasteiger partial charge in [-0.25, -0.2) is 9.97 Å². The Morgan fingerprint density at radius 2 is 0.863 bits per heavy atom. The van der Waals surface area contributed by atoms with Crippen LogP contribution in [0.5, 0.6) is 0 Å². The molecule has 6 aromatic rings. The molecule has 6 rings (SSSR count). The van der Waals surface area contributed by atoms with Gasteiger partial charge in [-0.2, -0.15) is 5.26 Å². The Kier molecular flexibility index (Phi) is 12.1. The Labute approximate surface area is 293 Å². The molecule has 0 saturated heterocycles. The molecule has 1 radical (unpaired) electrons. The predicted molar refractivity (Wildman–Crippen MR) is 174 cm³/mol. The van der Waals surface area contributed by atoms with Gasteiger partial charge in [0.05, 0.1) is 39.5 Å². The molecular formula is C31H27CuF12N5P2. The average Bonchev–Trinajstić information content (AvgIpc) is 2.98. The van der Waals surface area contributed by atoms with Crippen LogP contribution >= 0.6 is 15.6 Å². The smallest absolute Gasteiger partial charge is 2.00 e. The first-order valence-electron chi connectivity index (χ1n) is 14.4. The molecule has 0 fully saturated rings. The van der Waals surface area contributed by atoms with E-state index in [9.17, 15) is 50.4 Å². The Morgan fingerprint density at radius 3 is 1.18 bits per heavy atom. The topological polar surface area (TPSA) is 75.3 Å². The summed E-state index contributed by atoms with van der Waals surface area (Å²) in [5, 5.41) is 11.8. The minimum absolute atomic E-state index is 0. The first-order chi connectivity index (χ1) is 22.6. The maximum Gasteiger partial charge on any atom is 2.00 e. The van der Waals surface area contributed by atoms with Crippen molar-refractivity contribution in [3.8, 4) is 6.07 Å². The molecule has 0 bridgehead atoms. The summed E-state index contributed by atoms with van der Waals surface area (Å²) in [5.74, 6) is 0.122. The van der Waals surface area contributed by atoms with Gasteiger partial charge in [0.15, 0.2) is 0 Å². The SMILES string of the molecule is CC#N.CCCCC(c1ccc2ccc3cccnc3c2n1)c1ccc2ccc3cccnc3c2n1.F[P-](F)(F)(F)(F)F.F[P-](F)(F)(F)(F)F.[Cu+2]. The van der Waals surface area contributed by atoms with Crippen LogP contribution in [0.3, 0.4) is 0 Å². The van der Waals surface area contributed by atoms with Crippen molar-refractivity contribution in [1.29, 1.82) is 5.26 Å². The number of pyridine rings is 4. The number of nitrogens with zero attached hydrogens (tertiary/aromatic N) is 5. The number of rotatable bonds is 5. The van der Waals surface area contributed by atoms with E-state index in [2.05, 4.69) is 77.6 Å². The van der Waals surface area contributed by atoms with Crippen LogP contribution in [-0.2, 0) is 17.1 Å². The summed E-state index contributed by atoms with van der Waals surface area (Å²) in [6.45, 7) is 3.66. The van der Waals surface area contributed by atoms with Gasteiger partial charge in [-0.3, -0.25) is 9.97 Å². The van der Waals surface area contributed by atoms with Crippen LogP contribution in [-0.4, -0.2) is 19.9 Å². The molecule has 0 N–H and O–H groups in total. The number of benzene rings is 2. The molecule has 0 atom stereocenters. The van der Waals surface area contributed by atoms with E-state index in [4.69, 9.17) is 15.2 Å². The van der Waals surface area contributed by atoms with Crippen LogP contribution < -0.4 is 0 Å². The van der Waals surface area contributed by atoms with Crippen molar-refractivity contribution >= 4 is 59.2 Å². The molecule has 51 heavy (non-hydrogen) atoms. The summed E-state index contributed by atoms with van der Waals surface area (Å²) in [6, 6.07) is 27.0. The molecule has 0 amide bonds. The number of hydrogen-bond donors (Lipinski definition) is 0. The quantitative estimate of drug-likeness (QED) is 0.0749. The second-order valence-electron chi connectivity index (χ2n) is 10.7. The van der Waals surface area contributed by atoms with Crippen LogP contribution in [0.15, 0.2) is 85.2 Å². The molecule has 4 aromatic heterocycles. The Hall–Kier alpha value is -3.89. The zero-order chi connectivity index (χ0) is 37.7. The average molecular weight is 823 g/mol. The van der Waals surface area contributed by atoms with Crippen molar-refractivity contribution in [3.63, 3.8) is 0 Å². The third-order valence-corrected chi connectivity index (χ3v) is 6.47. The van der Waals surface area contributed by atoms with Crippen molar-refractivity contribution in [2.75, 3.05) is 0 Å². The molecule has 4 heterocycles. The zero-order valence-corrected chi connectivity index (χ0v) is 29.0. The summed E-state index contributed by atoms with van der Waals surface area (Å²) < 4.78 is 118. The third kappa shape index (κ3) is 16.3. The molecule has 0 aliphatic carbocycles. The third-order valence-electron chi connectivity index (χ3n) is 6.47. The zero-order valence-electron chi connectivity index (χ0n) is 26.2. The summed E-state index contributed by atoms with van der Waals surface area (Å²) in [4.78, 5) is 19.6. The van der Waals surface area contributed by atoms with Gasteiger partial charge in [-0.05, 0) is 30.7 Å². The standard InChI is InChI=1S/C29H24N4.C2H3N.Cu.2F6P/c1-2-3-8-23(24-15-13-21-11-9-19-6-4-17-30-26(19)28(21)32-24)25-16-14-22-12-10-20-7-5-18-31-27(20)29(22)33-25;1-2-3;;2*1-7(2,3,4,5)6/h4-7,9-18,23H,2-3,8H2,1H3;1H3;;;/q;;+2;2*-1. The number of aromatic nitrogens is 4. The van der Waals surface area contributed by atoms with Crippen molar-refractivity contribution in [2.24, 2.45) is 0 Å².